The minimum Gasteiger partial charge on any atom is -0.493 e. The first-order valence-corrected chi connectivity index (χ1v) is 5.43. The maximum absolute atomic E-state index is 5.90. The molecule has 4 N–H and O–H groups in total. The van der Waals surface area contributed by atoms with Crippen molar-refractivity contribution in [3.05, 3.63) is 27.7 Å². The Kier molecular flexibility index (Phi) is 4.67. The number of benzene rings is 1. The summed E-state index contributed by atoms with van der Waals surface area (Å²) in [5.41, 5.74) is 12.1. The molecule has 0 saturated heterocycles. The Morgan fingerprint density at radius 2 is 1.93 bits per heavy atom. The van der Waals surface area contributed by atoms with Gasteiger partial charge in [0.05, 0.1) is 16.7 Å². The van der Waals surface area contributed by atoms with E-state index in [0.29, 0.717) is 28.9 Å². The van der Waals surface area contributed by atoms with E-state index in [-0.39, 0.29) is 6.04 Å². The Hall–Kier alpha value is -0.480. The van der Waals surface area contributed by atoms with Gasteiger partial charge in [-0.05, 0) is 13.0 Å². The van der Waals surface area contributed by atoms with Gasteiger partial charge in [-0.25, -0.2) is 0 Å². The van der Waals surface area contributed by atoms with Crippen molar-refractivity contribution in [3.63, 3.8) is 0 Å². The average Bonchev–Trinajstić information content (AvgIpc) is 2.22. The summed E-state index contributed by atoms with van der Waals surface area (Å²) < 4.78 is 5.42. The standard InChI is InChI=1S/C10H14Cl2N2O/c1-2-15-10-4-8(12)7(11)3-6(10)9(14)5-13/h3-4,9H,2,5,13-14H2,1H3. The minimum atomic E-state index is -0.290. The van der Waals surface area contributed by atoms with Gasteiger partial charge in [0.15, 0.2) is 0 Å². The van der Waals surface area contributed by atoms with Crippen molar-refractivity contribution in [2.45, 2.75) is 13.0 Å². The van der Waals surface area contributed by atoms with Crippen LogP contribution in [0.2, 0.25) is 10.0 Å². The van der Waals surface area contributed by atoms with Crippen LogP contribution in [0.1, 0.15) is 18.5 Å². The van der Waals surface area contributed by atoms with Crippen molar-refractivity contribution in [1.82, 2.24) is 0 Å². The van der Waals surface area contributed by atoms with E-state index in [1.165, 1.54) is 0 Å². The third-order valence-electron chi connectivity index (χ3n) is 2.01. The molecule has 0 spiro atoms. The molecule has 0 bridgehead atoms. The summed E-state index contributed by atoms with van der Waals surface area (Å²) in [5.74, 6) is 0.643. The Morgan fingerprint density at radius 1 is 1.33 bits per heavy atom. The molecule has 0 radical (unpaired) electrons. The molecule has 0 aliphatic carbocycles. The molecule has 0 fully saturated rings. The van der Waals surface area contributed by atoms with Gasteiger partial charge >= 0.3 is 0 Å². The van der Waals surface area contributed by atoms with Crippen molar-refractivity contribution in [3.8, 4) is 5.75 Å². The molecule has 84 valence electrons. The van der Waals surface area contributed by atoms with Gasteiger partial charge in [-0.2, -0.15) is 0 Å². The normalized spacial score (nSPS) is 12.6. The topological polar surface area (TPSA) is 61.3 Å². The summed E-state index contributed by atoms with van der Waals surface area (Å²) >= 11 is 11.8. The second-order valence-electron chi connectivity index (χ2n) is 3.08. The predicted octanol–water partition coefficient (Wildman–Crippen LogP) is 2.35. The third-order valence-corrected chi connectivity index (χ3v) is 2.73. The number of rotatable bonds is 4. The van der Waals surface area contributed by atoms with E-state index >= 15 is 0 Å². The van der Waals surface area contributed by atoms with E-state index < -0.39 is 0 Å². The average molecular weight is 249 g/mol. The summed E-state index contributed by atoms with van der Waals surface area (Å²) in [6.45, 7) is 2.76. The summed E-state index contributed by atoms with van der Waals surface area (Å²) in [6.07, 6.45) is 0. The first-order valence-electron chi connectivity index (χ1n) is 4.67. The maximum atomic E-state index is 5.90. The van der Waals surface area contributed by atoms with Crippen LogP contribution in [0.4, 0.5) is 0 Å². The number of hydrogen-bond donors (Lipinski definition) is 2. The molecule has 1 rings (SSSR count). The Morgan fingerprint density at radius 3 is 2.47 bits per heavy atom. The molecule has 1 aromatic carbocycles. The van der Waals surface area contributed by atoms with Crippen LogP contribution >= 0.6 is 23.2 Å². The summed E-state index contributed by atoms with van der Waals surface area (Å²) in [5, 5.41) is 0.909. The van der Waals surface area contributed by atoms with Gasteiger partial charge in [-0.3, -0.25) is 0 Å². The predicted molar refractivity (Wildman–Crippen MR) is 63.6 cm³/mol. The van der Waals surface area contributed by atoms with Gasteiger partial charge in [-0.15, -0.1) is 0 Å². The lowest BCUT2D eigenvalue weighted by molar-refractivity contribution is 0.334. The molecule has 0 aliphatic heterocycles. The van der Waals surface area contributed by atoms with Crippen molar-refractivity contribution in [1.29, 1.82) is 0 Å². The zero-order chi connectivity index (χ0) is 11.4. The van der Waals surface area contributed by atoms with Gasteiger partial charge in [-0.1, -0.05) is 23.2 Å². The lowest BCUT2D eigenvalue weighted by Gasteiger charge is -2.16. The zero-order valence-corrected chi connectivity index (χ0v) is 9.98. The van der Waals surface area contributed by atoms with Gasteiger partial charge in [0.2, 0.25) is 0 Å². The van der Waals surface area contributed by atoms with Crippen LogP contribution in [0, 0.1) is 0 Å². The van der Waals surface area contributed by atoms with Crippen LogP contribution < -0.4 is 16.2 Å². The van der Waals surface area contributed by atoms with Crippen LogP contribution in [0.25, 0.3) is 0 Å². The maximum Gasteiger partial charge on any atom is 0.125 e. The monoisotopic (exact) mass is 248 g/mol. The highest BCUT2D eigenvalue weighted by molar-refractivity contribution is 6.42. The second-order valence-corrected chi connectivity index (χ2v) is 3.89. The lowest BCUT2D eigenvalue weighted by atomic mass is 10.1. The van der Waals surface area contributed by atoms with E-state index in [1.807, 2.05) is 6.92 Å². The molecule has 0 saturated carbocycles. The molecule has 0 aliphatic rings. The van der Waals surface area contributed by atoms with E-state index in [4.69, 9.17) is 39.4 Å². The van der Waals surface area contributed by atoms with Crippen LogP contribution in [0.15, 0.2) is 12.1 Å². The highest BCUT2D eigenvalue weighted by Gasteiger charge is 2.13. The Balaban J connectivity index is 3.15. The van der Waals surface area contributed by atoms with Gasteiger partial charge < -0.3 is 16.2 Å². The van der Waals surface area contributed by atoms with Crippen LogP contribution in [0.3, 0.4) is 0 Å². The van der Waals surface area contributed by atoms with Gasteiger partial charge in [0, 0.05) is 24.2 Å². The molecule has 1 atom stereocenters. The fraction of sp³-hybridized carbons (Fsp3) is 0.400. The van der Waals surface area contributed by atoms with Crippen molar-refractivity contribution in [2.24, 2.45) is 11.5 Å². The zero-order valence-electron chi connectivity index (χ0n) is 8.47. The highest BCUT2D eigenvalue weighted by atomic mass is 35.5. The first kappa shape index (κ1) is 12.6. The van der Waals surface area contributed by atoms with Crippen molar-refractivity contribution < 1.29 is 4.74 Å². The molecule has 0 amide bonds. The molecule has 0 heterocycles. The summed E-state index contributed by atoms with van der Waals surface area (Å²) in [6, 6.07) is 3.08. The lowest BCUT2D eigenvalue weighted by Crippen LogP contribution is -2.21. The molecule has 0 aromatic heterocycles. The molecule has 1 aromatic rings. The second kappa shape index (κ2) is 5.56. The van der Waals surface area contributed by atoms with Crippen LogP contribution in [-0.2, 0) is 0 Å². The molecule has 15 heavy (non-hydrogen) atoms. The largest absolute Gasteiger partial charge is 0.493 e. The number of hydrogen-bond acceptors (Lipinski definition) is 3. The molecule has 5 heteroatoms. The van der Waals surface area contributed by atoms with Gasteiger partial charge in [0.1, 0.15) is 5.75 Å². The Bertz CT molecular complexity index is 344. The van der Waals surface area contributed by atoms with Gasteiger partial charge in [0.25, 0.3) is 0 Å². The smallest absolute Gasteiger partial charge is 0.125 e. The summed E-state index contributed by atoms with van der Waals surface area (Å²) in [4.78, 5) is 0. The van der Waals surface area contributed by atoms with E-state index in [1.54, 1.807) is 12.1 Å². The summed E-state index contributed by atoms with van der Waals surface area (Å²) in [7, 11) is 0. The van der Waals surface area contributed by atoms with E-state index in [0.717, 1.165) is 5.56 Å². The quantitative estimate of drug-likeness (QED) is 0.860. The van der Waals surface area contributed by atoms with Crippen molar-refractivity contribution in [2.75, 3.05) is 13.2 Å². The molecule has 3 nitrogen and oxygen atoms in total. The van der Waals surface area contributed by atoms with Crippen LogP contribution in [-0.4, -0.2) is 13.2 Å². The fourth-order valence-electron chi connectivity index (χ4n) is 1.24. The molecular weight excluding hydrogens is 235 g/mol. The van der Waals surface area contributed by atoms with Crippen molar-refractivity contribution >= 4 is 23.2 Å². The number of halogens is 2. The Labute approximate surface area is 99.3 Å². The molecule has 1 unspecified atom stereocenters. The first-order chi connectivity index (χ1) is 7.10. The molecular formula is C10H14Cl2N2O. The highest BCUT2D eigenvalue weighted by Crippen LogP contribution is 2.33. The van der Waals surface area contributed by atoms with E-state index in [9.17, 15) is 0 Å². The van der Waals surface area contributed by atoms with Crippen LogP contribution in [0.5, 0.6) is 5.75 Å². The number of nitrogens with two attached hydrogens (primary N) is 2. The minimum absolute atomic E-state index is 0.290. The third kappa shape index (κ3) is 2.98. The SMILES string of the molecule is CCOc1cc(Cl)c(Cl)cc1C(N)CN. The fourth-order valence-corrected chi connectivity index (χ4v) is 1.57. The number of ether oxygens (including phenoxy) is 1. The van der Waals surface area contributed by atoms with E-state index in [2.05, 4.69) is 0 Å².